The first-order valence-corrected chi connectivity index (χ1v) is 9.50. The van der Waals surface area contributed by atoms with Gasteiger partial charge in [0.2, 0.25) is 0 Å². The highest BCUT2D eigenvalue weighted by molar-refractivity contribution is 9.10. The molecule has 0 aliphatic rings. The third-order valence-corrected chi connectivity index (χ3v) is 4.49. The summed E-state index contributed by atoms with van der Waals surface area (Å²) in [6.07, 6.45) is 1.45. The van der Waals surface area contributed by atoms with Gasteiger partial charge in [-0.2, -0.15) is 5.10 Å². The third-order valence-electron chi connectivity index (χ3n) is 3.99. The number of nitro benzene ring substituents is 1. The Morgan fingerprint density at radius 1 is 1.17 bits per heavy atom. The standard InChI is InChI=1S/C21H16BrN3O5/c22-16-6-9-20(26)19(11-16)21(27)24-23-12-15-2-1-3-18(10-15)30-13-14-4-7-17(8-5-14)25(28)29/h1-12,26H,13H2,(H,24,27)/b23-12+. The third kappa shape index (κ3) is 5.65. The number of nitro groups is 1. The summed E-state index contributed by atoms with van der Waals surface area (Å²) in [7, 11) is 0. The minimum Gasteiger partial charge on any atom is -0.507 e. The number of nitrogens with one attached hydrogen (secondary N) is 1. The number of halogens is 1. The lowest BCUT2D eigenvalue weighted by Gasteiger charge is -2.07. The molecule has 3 aromatic rings. The van der Waals surface area contributed by atoms with Gasteiger partial charge in [0.15, 0.2) is 0 Å². The lowest BCUT2D eigenvalue weighted by molar-refractivity contribution is -0.384. The SMILES string of the molecule is O=C(N/N=C/c1cccc(OCc2ccc([N+](=O)[O-])cc2)c1)c1cc(Br)ccc1O. The zero-order valence-corrected chi connectivity index (χ0v) is 17.1. The van der Waals surface area contributed by atoms with Crippen LogP contribution in [-0.4, -0.2) is 22.2 Å². The van der Waals surface area contributed by atoms with Crippen molar-refractivity contribution in [2.45, 2.75) is 6.61 Å². The number of hydrogen-bond donors (Lipinski definition) is 2. The van der Waals surface area contributed by atoms with Crippen LogP contribution in [0.3, 0.4) is 0 Å². The Morgan fingerprint density at radius 3 is 2.67 bits per heavy atom. The van der Waals surface area contributed by atoms with Gasteiger partial charge in [0.05, 0.1) is 16.7 Å². The predicted molar refractivity (Wildman–Crippen MR) is 115 cm³/mol. The first kappa shape index (κ1) is 21.0. The van der Waals surface area contributed by atoms with E-state index in [4.69, 9.17) is 4.74 Å². The van der Waals surface area contributed by atoms with E-state index in [0.29, 0.717) is 15.8 Å². The number of carbonyl (C=O) groups excluding carboxylic acids is 1. The van der Waals surface area contributed by atoms with Crippen molar-refractivity contribution >= 4 is 33.7 Å². The van der Waals surface area contributed by atoms with Gasteiger partial charge in [0, 0.05) is 16.6 Å². The number of nitrogens with zero attached hydrogens (tertiary/aromatic N) is 2. The molecule has 0 saturated heterocycles. The average Bonchev–Trinajstić information content (AvgIpc) is 2.74. The molecule has 0 aromatic heterocycles. The summed E-state index contributed by atoms with van der Waals surface area (Å²) in [5.74, 6) is -0.114. The van der Waals surface area contributed by atoms with E-state index in [9.17, 15) is 20.0 Å². The van der Waals surface area contributed by atoms with Crippen molar-refractivity contribution in [2.24, 2.45) is 5.10 Å². The summed E-state index contributed by atoms with van der Waals surface area (Å²) in [6, 6.07) is 17.7. The molecular formula is C21H16BrN3O5. The number of rotatable bonds is 7. The number of amides is 1. The van der Waals surface area contributed by atoms with Crippen molar-refractivity contribution in [1.29, 1.82) is 0 Å². The van der Waals surface area contributed by atoms with Gasteiger partial charge < -0.3 is 9.84 Å². The van der Waals surface area contributed by atoms with Gasteiger partial charge in [0.1, 0.15) is 18.1 Å². The number of non-ortho nitro benzene ring substituents is 1. The normalized spacial score (nSPS) is 10.7. The first-order valence-electron chi connectivity index (χ1n) is 8.70. The van der Waals surface area contributed by atoms with Gasteiger partial charge in [0.25, 0.3) is 11.6 Å². The summed E-state index contributed by atoms with van der Waals surface area (Å²) in [6.45, 7) is 0.248. The summed E-state index contributed by atoms with van der Waals surface area (Å²) in [5.41, 5.74) is 3.97. The number of benzene rings is 3. The highest BCUT2D eigenvalue weighted by Crippen LogP contribution is 2.21. The number of ether oxygens (including phenoxy) is 1. The van der Waals surface area contributed by atoms with Gasteiger partial charge in [-0.05, 0) is 53.6 Å². The predicted octanol–water partition coefficient (Wildman–Crippen LogP) is 4.41. The van der Waals surface area contributed by atoms with Crippen LogP contribution in [0.2, 0.25) is 0 Å². The molecule has 0 aliphatic carbocycles. The molecule has 2 N–H and O–H groups in total. The van der Waals surface area contributed by atoms with Crippen molar-refractivity contribution in [3.8, 4) is 11.5 Å². The molecule has 0 heterocycles. The molecule has 3 rings (SSSR count). The van der Waals surface area contributed by atoms with E-state index < -0.39 is 10.8 Å². The minimum absolute atomic E-state index is 0.0233. The van der Waals surface area contributed by atoms with E-state index in [1.165, 1.54) is 30.5 Å². The number of phenolic OH excluding ortho intramolecular Hbond substituents is 1. The number of phenols is 1. The summed E-state index contributed by atoms with van der Waals surface area (Å²) in [5, 5.41) is 24.4. The topological polar surface area (TPSA) is 114 Å². The summed E-state index contributed by atoms with van der Waals surface area (Å²) >= 11 is 3.25. The zero-order chi connectivity index (χ0) is 21.5. The van der Waals surface area contributed by atoms with Crippen LogP contribution in [0, 0.1) is 10.1 Å². The van der Waals surface area contributed by atoms with Gasteiger partial charge in [-0.25, -0.2) is 5.43 Å². The van der Waals surface area contributed by atoms with E-state index in [2.05, 4.69) is 26.5 Å². The minimum atomic E-state index is -0.546. The van der Waals surface area contributed by atoms with Gasteiger partial charge in [-0.3, -0.25) is 14.9 Å². The highest BCUT2D eigenvalue weighted by atomic mass is 79.9. The zero-order valence-electron chi connectivity index (χ0n) is 15.5. The van der Waals surface area contributed by atoms with E-state index in [0.717, 1.165) is 5.56 Å². The Kier molecular flexibility index (Phi) is 6.76. The van der Waals surface area contributed by atoms with Crippen molar-refractivity contribution in [2.75, 3.05) is 0 Å². The Morgan fingerprint density at radius 2 is 1.93 bits per heavy atom. The fourth-order valence-electron chi connectivity index (χ4n) is 2.48. The molecule has 1 amide bonds. The largest absolute Gasteiger partial charge is 0.507 e. The fourth-order valence-corrected chi connectivity index (χ4v) is 2.84. The Bertz CT molecular complexity index is 1100. The van der Waals surface area contributed by atoms with E-state index in [1.54, 1.807) is 42.5 Å². The number of carbonyl (C=O) groups is 1. The molecule has 0 bridgehead atoms. The molecule has 9 heteroatoms. The van der Waals surface area contributed by atoms with Gasteiger partial charge in [-0.1, -0.05) is 28.1 Å². The lowest BCUT2D eigenvalue weighted by Crippen LogP contribution is -2.17. The average molecular weight is 470 g/mol. The summed E-state index contributed by atoms with van der Waals surface area (Å²) in [4.78, 5) is 22.4. The Labute approximate surface area is 180 Å². The van der Waals surface area contributed by atoms with Crippen LogP contribution in [0.15, 0.2) is 76.3 Å². The quantitative estimate of drug-likeness (QED) is 0.302. The lowest BCUT2D eigenvalue weighted by atomic mass is 10.2. The molecular weight excluding hydrogens is 454 g/mol. The van der Waals surface area contributed by atoms with Crippen molar-refractivity contribution in [3.05, 3.63) is 98.0 Å². The first-order chi connectivity index (χ1) is 14.4. The molecule has 0 unspecified atom stereocenters. The van der Waals surface area contributed by atoms with Crippen LogP contribution in [0.25, 0.3) is 0 Å². The number of hydrazone groups is 1. The van der Waals surface area contributed by atoms with Crippen molar-refractivity contribution in [3.63, 3.8) is 0 Å². The van der Waals surface area contributed by atoms with Crippen LogP contribution in [0.5, 0.6) is 11.5 Å². The van der Waals surface area contributed by atoms with Gasteiger partial charge >= 0.3 is 0 Å². The molecule has 0 saturated carbocycles. The number of aromatic hydroxyl groups is 1. The van der Waals surface area contributed by atoms with Crippen LogP contribution in [0.4, 0.5) is 5.69 Å². The molecule has 0 spiro atoms. The molecule has 0 radical (unpaired) electrons. The van der Waals surface area contributed by atoms with Crippen molar-refractivity contribution in [1.82, 2.24) is 5.43 Å². The van der Waals surface area contributed by atoms with Gasteiger partial charge in [-0.15, -0.1) is 0 Å². The maximum Gasteiger partial charge on any atom is 0.275 e. The van der Waals surface area contributed by atoms with Crippen LogP contribution >= 0.6 is 15.9 Å². The molecule has 8 nitrogen and oxygen atoms in total. The molecule has 0 atom stereocenters. The Balaban J connectivity index is 1.59. The fraction of sp³-hybridized carbons (Fsp3) is 0.0476. The molecule has 152 valence electrons. The van der Waals surface area contributed by atoms with E-state index >= 15 is 0 Å². The van der Waals surface area contributed by atoms with E-state index in [1.807, 2.05) is 0 Å². The molecule has 0 fully saturated rings. The Hall–Kier alpha value is -3.72. The molecule has 3 aromatic carbocycles. The smallest absolute Gasteiger partial charge is 0.275 e. The maximum atomic E-state index is 12.1. The van der Waals surface area contributed by atoms with Crippen molar-refractivity contribution < 1.29 is 19.6 Å². The number of hydrogen-bond acceptors (Lipinski definition) is 6. The van der Waals surface area contributed by atoms with Crippen LogP contribution in [0.1, 0.15) is 21.5 Å². The van der Waals surface area contributed by atoms with E-state index in [-0.39, 0.29) is 23.6 Å². The monoisotopic (exact) mass is 469 g/mol. The second-order valence-corrected chi connectivity index (χ2v) is 7.06. The van der Waals surface area contributed by atoms with Crippen LogP contribution in [-0.2, 0) is 6.61 Å². The molecule has 30 heavy (non-hydrogen) atoms. The molecule has 0 aliphatic heterocycles. The second-order valence-electron chi connectivity index (χ2n) is 6.15. The second kappa shape index (κ2) is 9.66. The summed E-state index contributed by atoms with van der Waals surface area (Å²) < 4.78 is 6.36. The van der Waals surface area contributed by atoms with Crippen LogP contribution < -0.4 is 10.2 Å². The maximum absolute atomic E-state index is 12.1. The highest BCUT2D eigenvalue weighted by Gasteiger charge is 2.10.